The molecule has 3 rings (SSSR count). The van der Waals surface area contributed by atoms with Crippen LogP contribution in [0.3, 0.4) is 0 Å². The summed E-state index contributed by atoms with van der Waals surface area (Å²) in [5, 5.41) is 11.8. The highest BCUT2D eigenvalue weighted by Crippen LogP contribution is 2.23. The second-order valence-electron chi connectivity index (χ2n) is 5.97. The zero-order valence-corrected chi connectivity index (χ0v) is 14.4. The Morgan fingerprint density at radius 1 is 1.46 bits per heavy atom. The highest BCUT2D eigenvalue weighted by atomic mass is 16.5. The van der Waals surface area contributed by atoms with Gasteiger partial charge >= 0.3 is 5.97 Å². The van der Waals surface area contributed by atoms with Crippen LogP contribution in [0.5, 0.6) is 0 Å². The number of H-pyrrole nitrogens is 1. The summed E-state index contributed by atoms with van der Waals surface area (Å²) in [5.74, 6) is -0.301. The van der Waals surface area contributed by atoms with Gasteiger partial charge in [0.1, 0.15) is 0 Å². The zero-order chi connectivity index (χ0) is 17.3. The van der Waals surface area contributed by atoms with Crippen LogP contribution >= 0.6 is 0 Å². The first-order chi connectivity index (χ1) is 11.5. The predicted molar refractivity (Wildman–Crippen MR) is 92.8 cm³/mol. The molecule has 3 aromatic rings. The standard InChI is InChI=1S/C18H22N4O2/c1-11(15-7-5-6-13-9-20-21-17(13)15)19-10-14-8-16(18(23)24-4)12(2)22(14)3/h5-9,11,19H,10H2,1-4H3,(H,20,21). The van der Waals surface area contributed by atoms with Crippen LogP contribution < -0.4 is 5.32 Å². The monoisotopic (exact) mass is 326 g/mol. The molecule has 24 heavy (non-hydrogen) atoms. The van der Waals surface area contributed by atoms with Crippen molar-refractivity contribution in [1.29, 1.82) is 0 Å². The average Bonchev–Trinajstić information content (AvgIpc) is 3.18. The number of ether oxygens (including phenoxy) is 1. The van der Waals surface area contributed by atoms with Crippen LogP contribution in [0.15, 0.2) is 30.5 Å². The second kappa shape index (κ2) is 6.49. The summed E-state index contributed by atoms with van der Waals surface area (Å²) in [7, 11) is 3.36. The van der Waals surface area contributed by atoms with Crippen molar-refractivity contribution >= 4 is 16.9 Å². The smallest absolute Gasteiger partial charge is 0.339 e. The van der Waals surface area contributed by atoms with Crippen LogP contribution in [0, 0.1) is 6.92 Å². The van der Waals surface area contributed by atoms with Crippen LogP contribution in [-0.4, -0.2) is 27.8 Å². The van der Waals surface area contributed by atoms with E-state index < -0.39 is 0 Å². The number of esters is 1. The molecule has 6 nitrogen and oxygen atoms in total. The highest BCUT2D eigenvalue weighted by molar-refractivity contribution is 5.91. The van der Waals surface area contributed by atoms with E-state index in [0.29, 0.717) is 12.1 Å². The summed E-state index contributed by atoms with van der Waals surface area (Å²) in [6, 6.07) is 8.20. The molecule has 0 aliphatic carbocycles. The summed E-state index contributed by atoms with van der Waals surface area (Å²) < 4.78 is 6.85. The summed E-state index contributed by atoms with van der Waals surface area (Å²) in [6.07, 6.45) is 1.83. The molecule has 0 saturated heterocycles. The number of para-hydroxylation sites is 1. The molecule has 2 heterocycles. The molecule has 0 spiro atoms. The van der Waals surface area contributed by atoms with E-state index in [1.54, 1.807) is 0 Å². The SMILES string of the molecule is COC(=O)c1cc(CNC(C)c2cccc3cn[nH]c23)n(C)c1C. The molecule has 0 aliphatic heterocycles. The number of hydrogen-bond donors (Lipinski definition) is 2. The Bertz CT molecular complexity index is 878. The van der Waals surface area contributed by atoms with Gasteiger partial charge in [-0.3, -0.25) is 5.10 Å². The van der Waals surface area contributed by atoms with Crippen molar-refractivity contribution in [1.82, 2.24) is 20.1 Å². The normalized spacial score (nSPS) is 12.5. The lowest BCUT2D eigenvalue weighted by atomic mass is 10.1. The van der Waals surface area contributed by atoms with Gasteiger partial charge in [-0.05, 0) is 25.5 Å². The fourth-order valence-corrected chi connectivity index (χ4v) is 2.97. The van der Waals surface area contributed by atoms with E-state index >= 15 is 0 Å². The van der Waals surface area contributed by atoms with Crippen molar-refractivity contribution in [2.75, 3.05) is 7.11 Å². The van der Waals surface area contributed by atoms with Crippen LogP contribution in [-0.2, 0) is 18.3 Å². The summed E-state index contributed by atoms with van der Waals surface area (Å²) in [4.78, 5) is 11.8. The van der Waals surface area contributed by atoms with Gasteiger partial charge in [0.15, 0.2) is 0 Å². The van der Waals surface area contributed by atoms with Crippen molar-refractivity contribution in [3.8, 4) is 0 Å². The number of hydrogen-bond acceptors (Lipinski definition) is 4. The van der Waals surface area contributed by atoms with Crippen LogP contribution in [0.2, 0.25) is 0 Å². The molecule has 0 saturated carbocycles. The minimum Gasteiger partial charge on any atom is -0.465 e. The van der Waals surface area contributed by atoms with Crippen molar-refractivity contribution in [2.24, 2.45) is 7.05 Å². The molecule has 1 unspecified atom stereocenters. The highest BCUT2D eigenvalue weighted by Gasteiger charge is 2.17. The molecule has 6 heteroatoms. The Kier molecular flexibility index (Phi) is 4.40. The summed E-state index contributed by atoms with van der Waals surface area (Å²) in [6.45, 7) is 4.69. The number of aromatic nitrogens is 3. The molecular weight excluding hydrogens is 304 g/mol. The Hall–Kier alpha value is -2.60. The molecular formula is C18H22N4O2. The first kappa shape index (κ1) is 16.3. The maximum Gasteiger partial charge on any atom is 0.339 e. The molecule has 0 bridgehead atoms. The van der Waals surface area contributed by atoms with E-state index in [4.69, 9.17) is 4.74 Å². The lowest BCUT2D eigenvalue weighted by Crippen LogP contribution is -2.20. The topological polar surface area (TPSA) is 71.9 Å². The molecule has 0 amide bonds. The van der Waals surface area contributed by atoms with E-state index in [-0.39, 0.29) is 12.0 Å². The maximum atomic E-state index is 11.8. The number of carbonyl (C=O) groups is 1. The quantitative estimate of drug-likeness (QED) is 0.707. The number of benzene rings is 1. The lowest BCUT2D eigenvalue weighted by molar-refractivity contribution is 0.0600. The molecule has 0 aliphatic rings. The molecule has 1 aromatic carbocycles. The first-order valence-corrected chi connectivity index (χ1v) is 7.91. The third kappa shape index (κ3) is 2.80. The number of nitrogens with one attached hydrogen (secondary N) is 2. The van der Waals surface area contributed by atoms with Gasteiger partial charge in [-0.25, -0.2) is 4.79 Å². The third-order valence-electron chi connectivity index (χ3n) is 4.60. The van der Waals surface area contributed by atoms with E-state index in [9.17, 15) is 4.79 Å². The van der Waals surface area contributed by atoms with Gasteiger partial charge < -0.3 is 14.6 Å². The number of carbonyl (C=O) groups excluding carboxylic acids is 1. The van der Waals surface area contributed by atoms with E-state index in [2.05, 4.69) is 28.5 Å². The van der Waals surface area contributed by atoms with Gasteiger partial charge in [-0.1, -0.05) is 18.2 Å². The maximum absolute atomic E-state index is 11.8. The van der Waals surface area contributed by atoms with Crippen molar-refractivity contribution in [3.05, 3.63) is 53.0 Å². The van der Waals surface area contributed by atoms with Crippen molar-refractivity contribution in [2.45, 2.75) is 26.4 Å². The van der Waals surface area contributed by atoms with E-state index in [1.807, 2.05) is 42.9 Å². The largest absolute Gasteiger partial charge is 0.465 e. The van der Waals surface area contributed by atoms with E-state index in [0.717, 1.165) is 22.3 Å². The lowest BCUT2D eigenvalue weighted by Gasteiger charge is -2.15. The molecule has 0 fully saturated rings. The minimum atomic E-state index is -0.301. The zero-order valence-electron chi connectivity index (χ0n) is 14.4. The number of nitrogens with zero attached hydrogens (tertiary/aromatic N) is 2. The molecule has 126 valence electrons. The van der Waals surface area contributed by atoms with Crippen LogP contribution in [0.1, 0.15) is 40.3 Å². The van der Waals surface area contributed by atoms with Gasteiger partial charge in [0.05, 0.1) is 24.4 Å². The van der Waals surface area contributed by atoms with Gasteiger partial charge in [0.2, 0.25) is 0 Å². The minimum absolute atomic E-state index is 0.144. The Morgan fingerprint density at radius 3 is 3.00 bits per heavy atom. The molecule has 1 atom stereocenters. The molecule has 2 aromatic heterocycles. The number of fused-ring (bicyclic) bond motifs is 1. The van der Waals surface area contributed by atoms with Gasteiger partial charge in [0.25, 0.3) is 0 Å². The fraction of sp³-hybridized carbons (Fsp3) is 0.333. The summed E-state index contributed by atoms with van der Waals surface area (Å²) in [5.41, 5.74) is 4.78. The first-order valence-electron chi connectivity index (χ1n) is 7.91. The van der Waals surface area contributed by atoms with Gasteiger partial charge in [0, 0.05) is 36.4 Å². The third-order valence-corrected chi connectivity index (χ3v) is 4.60. The Balaban J connectivity index is 1.78. The van der Waals surface area contributed by atoms with Crippen LogP contribution in [0.25, 0.3) is 10.9 Å². The average molecular weight is 326 g/mol. The summed E-state index contributed by atoms with van der Waals surface area (Å²) >= 11 is 0. The second-order valence-corrected chi connectivity index (χ2v) is 5.97. The van der Waals surface area contributed by atoms with Crippen LogP contribution in [0.4, 0.5) is 0 Å². The fourth-order valence-electron chi connectivity index (χ4n) is 2.97. The predicted octanol–water partition coefficient (Wildman–Crippen LogP) is 2.85. The molecule has 2 N–H and O–H groups in total. The number of methoxy groups -OCH3 is 1. The molecule has 0 radical (unpaired) electrons. The van der Waals surface area contributed by atoms with Gasteiger partial charge in [-0.2, -0.15) is 5.10 Å². The Labute approximate surface area is 140 Å². The van der Waals surface area contributed by atoms with Crippen molar-refractivity contribution in [3.63, 3.8) is 0 Å². The number of rotatable bonds is 5. The van der Waals surface area contributed by atoms with Crippen molar-refractivity contribution < 1.29 is 9.53 Å². The number of aromatic amines is 1. The Morgan fingerprint density at radius 2 is 2.25 bits per heavy atom. The van der Waals surface area contributed by atoms with Gasteiger partial charge in [-0.15, -0.1) is 0 Å². The van der Waals surface area contributed by atoms with E-state index in [1.165, 1.54) is 12.7 Å².